The van der Waals surface area contributed by atoms with Crippen LogP contribution in [0.25, 0.3) is 0 Å². The van der Waals surface area contributed by atoms with Crippen molar-refractivity contribution in [1.82, 2.24) is 10.6 Å². The summed E-state index contributed by atoms with van der Waals surface area (Å²) in [5.41, 5.74) is 2.27. The average molecular weight is 541 g/mol. The van der Waals surface area contributed by atoms with Gasteiger partial charge in [-0.05, 0) is 47.5 Å². The second kappa shape index (κ2) is 11.5. The standard InChI is InChI=1S/C29H24N4O7/c1-37-23-7-2-3-8-24(23)38-15-21-26(28(35)40-14-18-6-4-5-17(11-18)13-30)27(33-29(36)32-21)19-9-10-22-20(12-19)31-25(34)16-39-22/h2-12,27H,14-16H2,1H3,(H,31,34)(H2,32,33,36). The minimum Gasteiger partial charge on any atom is -0.493 e. The molecule has 3 aromatic rings. The minimum absolute atomic E-state index is 0.104. The molecule has 11 nitrogen and oxygen atoms in total. The van der Waals surface area contributed by atoms with E-state index in [0.717, 1.165) is 0 Å². The van der Waals surface area contributed by atoms with Crippen molar-refractivity contribution in [2.75, 3.05) is 25.6 Å². The lowest BCUT2D eigenvalue weighted by atomic mass is 9.94. The van der Waals surface area contributed by atoms with Crippen molar-refractivity contribution < 1.29 is 33.3 Å². The number of para-hydroxylation sites is 2. The maximum atomic E-state index is 13.6. The molecule has 0 spiro atoms. The van der Waals surface area contributed by atoms with Gasteiger partial charge in [-0.2, -0.15) is 5.26 Å². The molecule has 3 aromatic carbocycles. The fourth-order valence-electron chi connectivity index (χ4n) is 4.35. The van der Waals surface area contributed by atoms with Crippen LogP contribution in [0.5, 0.6) is 17.2 Å². The third kappa shape index (κ3) is 5.66. The van der Waals surface area contributed by atoms with Gasteiger partial charge in [-0.15, -0.1) is 0 Å². The molecular weight excluding hydrogens is 516 g/mol. The van der Waals surface area contributed by atoms with Gasteiger partial charge in [0, 0.05) is 0 Å². The number of ether oxygens (including phenoxy) is 4. The van der Waals surface area contributed by atoms with Gasteiger partial charge >= 0.3 is 12.0 Å². The second-order valence-corrected chi connectivity index (χ2v) is 8.84. The number of rotatable bonds is 8. The van der Waals surface area contributed by atoms with E-state index in [1.54, 1.807) is 66.7 Å². The van der Waals surface area contributed by atoms with Crippen LogP contribution in [0.3, 0.4) is 0 Å². The Bertz CT molecular complexity index is 1560. The van der Waals surface area contributed by atoms with Crippen LogP contribution in [0, 0.1) is 11.3 Å². The second-order valence-electron chi connectivity index (χ2n) is 8.84. The van der Waals surface area contributed by atoms with E-state index >= 15 is 0 Å². The Morgan fingerprint density at radius 3 is 2.65 bits per heavy atom. The fraction of sp³-hybridized carbons (Fsp3) is 0.172. The molecule has 0 aliphatic carbocycles. The summed E-state index contributed by atoms with van der Waals surface area (Å²) in [6.07, 6.45) is 0. The van der Waals surface area contributed by atoms with Crippen LogP contribution in [-0.4, -0.2) is 38.2 Å². The van der Waals surface area contributed by atoms with Crippen LogP contribution in [0.15, 0.2) is 78.0 Å². The van der Waals surface area contributed by atoms with Crippen molar-refractivity contribution in [3.8, 4) is 23.3 Å². The monoisotopic (exact) mass is 540 g/mol. The van der Waals surface area contributed by atoms with Gasteiger partial charge in [0.15, 0.2) is 18.1 Å². The number of amides is 3. The summed E-state index contributed by atoms with van der Waals surface area (Å²) in [6.45, 7) is -0.387. The Morgan fingerprint density at radius 1 is 1.02 bits per heavy atom. The molecule has 40 heavy (non-hydrogen) atoms. The number of hydrogen-bond donors (Lipinski definition) is 3. The van der Waals surface area contributed by atoms with E-state index in [1.165, 1.54) is 7.11 Å². The lowest BCUT2D eigenvalue weighted by molar-refractivity contribution is -0.140. The molecule has 0 saturated heterocycles. The molecule has 2 aliphatic heterocycles. The van der Waals surface area contributed by atoms with Crippen molar-refractivity contribution in [1.29, 1.82) is 5.26 Å². The number of nitrogens with zero attached hydrogens (tertiary/aromatic N) is 1. The first-order valence-corrected chi connectivity index (χ1v) is 12.2. The van der Waals surface area contributed by atoms with Crippen LogP contribution in [0.4, 0.5) is 10.5 Å². The van der Waals surface area contributed by atoms with E-state index in [0.29, 0.717) is 39.6 Å². The normalized spacial score (nSPS) is 15.8. The number of benzene rings is 3. The molecule has 0 bridgehead atoms. The number of esters is 1. The summed E-state index contributed by atoms with van der Waals surface area (Å²) >= 11 is 0. The number of hydrogen-bond acceptors (Lipinski definition) is 8. The predicted molar refractivity (Wildman–Crippen MR) is 141 cm³/mol. The molecule has 0 aromatic heterocycles. The van der Waals surface area contributed by atoms with E-state index in [1.807, 2.05) is 0 Å². The molecule has 1 atom stereocenters. The number of nitriles is 1. The van der Waals surface area contributed by atoms with Gasteiger partial charge in [-0.3, -0.25) is 4.79 Å². The molecule has 1 unspecified atom stereocenters. The fourth-order valence-corrected chi connectivity index (χ4v) is 4.35. The predicted octanol–water partition coefficient (Wildman–Crippen LogP) is 3.33. The third-order valence-corrected chi connectivity index (χ3v) is 6.21. The number of nitrogens with one attached hydrogen (secondary N) is 3. The van der Waals surface area contributed by atoms with Crippen LogP contribution in [0.1, 0.15) is 22.7 Å². The molecular formula is C29H24N4O7. The van der Waals surface area contributed by atoms with Gasteiger partial charge in [0.2, 0.25) is 0 Å². The minimum atomic E-state index is -0.938. The van der Waals surface area contributed by atoms with E-state index in [-0.39, 0.29) is 37.0 Å². The molecule has 0 fully saturated rings. The Labute approximate surface area is 229 Å². The van der Waals surface area contributed by atoms with Crippen molar-refractivity contribution in [3.05, 3.63) is 94.7 Å². The maximum Gasteiger partial charge on any atom is 0.338 e. The Hall–Kier alpha value is -5.50. The molecule has 0 saturated carbocycles. The summed E-state index contributed by atoms with van der Waals surface area (Å²) in [6, 6.07) is 19.2. The summed E-state index contributed by atoms with van der Waals surface area (Å²) < 4.78 is 22.3. The summed E-state index contributed by atoms with van der Waals surface area (Å²) in [7, 11) is 1.51. The van der Waals surface area contributed by atoms with E-state index in [2.05, 4.69) is 22.0 Å². The lowest BCUT2D eigenvalue weighted by Crippen LogP contribution is -2.47. The largest absolute Gasteiger partial charge is 0.493 e. The van der Waals surface area contributed by atoms with Crippen LogP contribution in [-0.2, 0) is 20.9 Å². The number of anilines is 1. The van der Waals surface area contributed by atoms with Crippen molar-refractivity contribution in [2.45, 2.75) is 12.6 Å². The van der Waals surface area contributed by atoms with Crippen LogP contribution < -0.4 is 30.2 Å². The number of urea groups is 1. The van der Waals surface area contributed by atoms with Crippen molar-refractivity contribution in [3.63, 3.8) is 0 Å². The molecule has 2 aliphatic rings. The first-order chi connectivity index (χ1) is 19.4. The van der Waals surface area contributed by atoms with Gasteiger partial charge in [0.1, 0.15) is 19.0 Å². The lowest BCUT2D eigenvalue weighted by Gasteiger charge is -2.30. The summed E-state index contributed by atoms with van der Waals surface area (Å²) in [4.78, 5) is 38.2. The molecule has 2 heterocycles. The number of carbonyl (C=O) groups excluding carboxylic acids is 3. The Morgan fingerprint density at radius 2 is 1.85 bits per heavy atom. The highest BCUT2D eigenvalue weighted by atomic mass is 16.5. The zero-order valence-electron chi connectivity index (χ0n) is 21.4. The van der Waals surface area contributed by atoms with Gasteiger partial charge in [-0.1, -0.05) is 30.3 Å². The quantitative estimate of drug-likeness (QED) is 0.369. The van der Waals surface area contributed by atoms with Crippen molar-refractivity contribution >= 4 is 23.6 Å². The zero-order valence-corrected chi connectivity index (χ0v) is 21.4. The first-order valence-electron chi connectivity index (χ1n) is 12.2. The molecule has 202 valence electrons. The molecule has 5 rings (SSSR count). The van der Waals surface area contributed by atoms with Gasteiger partial charge in [0.25, 0.3) is 5.91 Å². The summed E-state index contributed by atoms with van der Waals surface area (Å²) in [5, 5.41) is 17.3. The van der Waals surface area contributed by atoms with Crippen LogP contribution >= 0.6 is 0 Å². The maximum absolute atomic E-state index is 13.6. The number of fused-ring (bicyclic) bond motifs is 1. The highest BCUT2D eigenvalue weighted by Gasteiger charge is 2.35. The zero-order chi connectivity index (χ0) is 28.1. The van der Waals surface area contributed by atoms with Gasteiger partial charge in [-0.25, -0.2) is 9.59 Å². The van der Waals surface area contributed by atoms with E-state index in [9.17, 15) is 19.6 Å². The topological polar surface area (TPSA) is 148 Å². The highest BCUT2D eigenvalue weighted by molar-refractivity contribution is 5.97. The highest BCUT2D eigenvalue weighted by Crippen LogP contribution is 2.35. The Balaban J connectivity index is 1.49. The van der Waals surface area contributed by atoms with E-state index < -0.39 is 18.0 Å². The van der Waals surface area contributed by atoms with Gasteiger partial charge in [0.05, 0.1) is 41.7 Å². The number of methoxy groups -OCH3 is 1. The average Bonchev–Trinajstić information content (AvgIpc) is 2.98. The third-order valence-electron chi connectivity index (χ3n) is 6.21. The first kappa shape index (κ1) is 26.1. The van der Waals surface area contributed by atoms with Crippen LogP contribution in [0.2, 0.25) is 0 Å². The molecule has 3 N–H and O–H groups in total. The smallest absolute Gasteiger partial charge is 0.338 e. The summed E-state index contributed by atoms with van der Waals surface area (Å²) in [5.74, 6) is 0.327. The molecule has 11 heteroatoms. The van der Waals surface area contributed by atoms with Gasteiger partial charge < -0.3 is 34.9 Å². The van der Waals surface area contributed by atoms with Crippen molar-refractivity contribution in [2.24, 2.45) is 0 Å². The molecule has 0 radical (unpaired) electrons. The molecule has 3 amide bonds. The Kier molecular flexibility index (Phi) is 7.50. The van der Waals surface area contributed by atoms with E-state index in [4.69, 9.17) is 18.9 Å². The number of carbonyl (C=O) groups is 3. The SMILES string of the molecule is COc1ccccc1OCC1=C(C(=O)OCc2cccc(C#N)c2)C(c2ccc3c(c2)NC(=O)CO3)NC(=O)N1.